The number of hydrogen-bond acceptors (Lipinski definition) is 3. The Bertz CT molecular complexity index is 356. The highest BCUT2D eigenvalue weighted by atomic mass is 16.5. The van der Waals surface area contributed by atoms with Crippen LogP contribution in [0.5, 0.6) is 0 Å². The fraction of sp³-hybridized carbons (Fsp3) is 0.667. The van der Waals surface area contributed by atoms with Gasteiger partial charge in [-0.25, -0.2) is 0 Å². The maximum Gasteiger partial charge on any atom is 0.153 e. The summed E-state index contributed by atoms with van der Waals surface area (Å²) in [6.07, 6.45) is 0.864. The van der Waals surface area contributed by atoms with E-state index in [2.05, 4.69) is 18.9 Å². The van der Waals surface area contributed by atoms with Crippen LogP contribution in [-0.4, -0.2) is 29.3 Å². The Hall–Kier alpha value is -1.16. The minimum Gasteiger partial charge on any atom is -0.379 e. The van der Waals surface area contributed by atoms with Gasteiger partial charge in [0.15, 0.2) is 6.29 Å². The molecule has 0 spiro atoms. The molecule has 1 aromatic heterocycles. The highest BCUT2D eigenvalue weighted by Gasteiger charge is 2.09. The summed E-state index contributed by atoms with van der Waals surface area (Å²) < 4.78 is 7.32. The van der Waals surface area contributed by atoms with E-state index in [-0.39, 0.29) is 0 Å². The van der Waals surface area contributed by atoms with E-state index in [9.17, 15) is 4.79 Å². The molecule has 1 rings (SSSR count). The topological polar surface area (TPSA) is 44.1 Å². The average Bonchev–Trinajstić information content (AvgIpc) is 2.48. The number of hydrogen-bond donors (Lipinski definition) is 0. The monoisotopic (exact) mass is 224 g/mol. The third-order valence-electron chi connectivity index (χ3n) is 2.45. The summed E-state index contributed by atoms with van der Waals surface area (Å²) in [7, 11) is 0. The number of rotatable bonds is 6. The molecule has 0 radical (unpaired) electrons. The number of nitrogens with zero attached hydrogens (tertiary/aromatic N) is 2. The summed E-state index contributed by atoms with van der Waals surface area (Å²) in [5, 5.41) is 4.30. The van der Waals surface area contributed by atoms with Crippen molar-refractivity contribution in [1.82, 2.24) is 9.78 Å². The van der Waals surface area contributed by atoms with Crippen molar-refractivity contribution in [2.75, 3.05) is 13.2 Å². The molecule has 90 valence electrons. The van der Waals surface area contributed by atoms with E-state index in [1.807, 2.05) is 18.5 Å². The first-order chi connectivity index (χ1) is 7.56. The van der Waals surface area contributed by atoms with Crippen LogP contribution in [0.2, 0.25) is 0 Å². The third kappa shape index (κ3) is 3.17. The van der Waals surface area contributed by atoms with Gasteiger partial charge in [0.1, 0.15) is 0 Å². The normalized spacial score (nSPS) is 11.1. The zero-order valence-electron chi connectivity index (χ0n) is 10.5. The van der Waals surface area contributed by atoms with E-state index in [1.165, 1.54) is 0 Å². The van der Waals surface area contributed by atoms with Gasteiger partial charge in [-0.15, -0.1) is 0 Å². The van der Waals surface area contributed by atoms with Crippen LogP contribution in [0.3, 0.4) is 0 Å². The Kier molecular flexibility index (Phi) is 4.68. The lowest BCUT2D eigenvalue weighted by molar-refractivity contribution is 0.100. The summed E-state index contributed by atoms with van der Waals surface area (Å²) in [5.41, 5.74) is 2.40. The molecule has 1 aromatic rings. The van der Waals surface area contributed by atoms with Crippen LogP contribution in [0.25, 0.3) is 0 Å². The average molecular weight is 224 g/mol. The fourth-order valence-electron chi connectivity index (χ4n) is 1.57. The maximum absolute atomic E-state index is 10.8. The van der Waals surface area contributed by atoms with Crippen molar-refractivity contribution in [3.05, 3.63) is 17.0 Å². The van der Waals surface area contributed by atoms with Crippen molar-refractivity contribution in [3.63, 3.8) is 0 Å². The number of carbonyl (C=O) groups is 1. The Labute approximate surface area is 96.6 Å². The Morgan fingerprint density at radius 2 is 2.12 bits per heavy atom. The van der Waals surface area contributed by atoms with Gasteiger partial charge in [0.2, 0.25) is 0 Å². The highest BCUT2D eigenvalue weighted by molar-refractivity contribution is 5.77. The van der Waals surface area contributed by atoms with Crippen LogP contribution < -0.4 is 0 Å². The van der Waals surface area contributed by atoms with Crippen molar-refractivity contribution in [1.29, 1.82) is 0 Å². The SMILES string of the molecule is Cc1nn(CCOCC(C)C)c(C)c1C=O. The standard InChI is InChI=1S/C12H20N2O2/c1-9(2)8-16-6-5-14-11(4)12(7-15)10(3)13-14/h7,9H,5-6,8H2,1-4H3. The van der Waals surface area contributed by atoms with Crippen molar-refractivity contribution in [2.24, 2.45) is 5.92 Å². The lowest BCUT2D eigenvalue weighted by atomic mass is 10.2. The second kappa shape index (κ2) is 5.80. The molecule has 4 nitrogen and oxygen atoms in total. The molecule has 0 aliphatic rings. The second-order valence-corrected chi connectivity index (χ2v) is 4.39. The smallest absolute Gasteiger partial charge is 0.153 e. The van der Waals surface area contributed by atoms with Gasteiger partial charge in [-0.1, -0.05) is 13.8 Å². The number of ether oxygens (including phenoxy) is 1. The zero-order chi connectivity index (χ0) is 12.1. The van der Waals surface area contributed by atoms with E-state index in [1.54, 1.807) is 0 Å². The lowest BCUT2D eigenvalue weighted by Gasteiger charge is -2.07. The van der Waals surface area contributed by atoms with Crippen molar-refractivity contribution >= 4 is 6.29 Å². The molecule has 1 heterocycles. The van der Waals surface area contributed by atoms with Gasteiger partial charge < -0.3 is 4.74 Å². The molecule has 0 saturated heterocycles. The van der Waals surface area contributed by atoms with Gasteiger partial charge in [0, 0.05) is 12.3 Å². The molecule has 0 aliphatic carbocycles. The van der Waals surface area contributed by atoms with Crippen LogP contribution in [0.4, 0.5) is 0 Å². The summed E-state index contributed by atoms with van der Waals surface area (Å²) in [6, 6.07) is 0. The van der Waals surface area contributed by atoms with E-state index in [0.717, 1.165) is 24.3 Å². The summed E-state index contributed by atoms with van der Waals surface area (Å²) in [5.74, 6) is 0.547. The summed E-state index contributed by atoms with van der Waals surface area (Å²) >= 11 is 0. The predicted molar refractivity (Wildman–Crippen MR) is 62.7 cm³/mol. The van der Waals surface area contributed by atoms with Crippen LogP contribution in [-0.2, 0) is 11.3 Å². The van der Waals surface area contributed by atoms with Gasteiger partial charge in [0.05, 0.1) is 24.4 Å². The van der Waals surface area contributed by atoms with Gasteiger partial charge in [-0.3, -0.25) is 9.48 Å². The molecule has 0 aromatic carbocycles. The van der Waals surface area contributed by atoms with Crippen molar-refractivity contribution < 1.29 is 9.53 Å². The Balaban J connectivity index is 2.51. The van der Waals surface area contributed by atoms with Gasteiger partial charge in [-0.05, 0) is 19.8 Å². The molecular formula is C12H20N2O2. The first-order valence-electron chi connectivity index (χ1n) is 5.63. The van der Waals surface area contributed by atoms with E-state index >= 15 is 0 Å². The largest absolute Gasteiger partial charge is 0.379 e. The molecule has 16 heavy (non-hydrogen) atoms. The van der Waals surface area contributed by atoms with E-state index in [0.29, 0.717) is 24.6 Å². The molecular weight excluding hydrogens is 204 g/mol. The summed E-state index contributed by atoms with van der Waals surface area (Å²) in [6.45, 7) is 10.1. The number of carbonyl (C=O) groups excluding carboxylic acids is 1. The number of aromatic nitrogens is 2. The van der Waals surface area contributed by atoms with E-state index in [4.69, 9.17) is 4.74 Å². The van der Waals surface area contributed by atoms with Gasteiger partial charge >= 0.3 is 0 Å². The quantitative estimate of drug-likeness (QED) is 0.548. The second-order valence-electron chi connectivity index (χ2n) is 4.39. The molecule has 0 amide bonds. The first kappa shape index (κ1) is 12.9. The fourth-order valence-corrected chi connectivity index (χ4v) is 1.57. The van der Waals surface area contributed by atoms with E-state index < -0.39 is 0 Å². The van der Waals surface area contributed by atoms with Crippen molar-refractivity contribution in [2.45, 2.75) is 34.2 Å². The Morgan fingerprint density at radius 1 is 1.44 bits per heavy atom. The minimum atomic E-state index is 0.547. The minimum absolute atomic E-state index is 0.547. The van der Waals surface area contributed by atoms with Crippen LogP contribution in [0, 0.1) is 19.8 Å². The number of aryl methyl sites for hydroxylation is 1. The maximum atomic E-state index is 10.8. The van der Waals surface area contributed by atoms with Gasteiger partial charge in [0.25, 0.3) is 0 Å². The predicted octanol–water partition coefficient (Wildman–Crippen LogP) is 1.99. The number of aldehydes is 1. The summed E-state index contributed by atoms with van der Waals surface area (Å²) in [4.78, 5) is 10.8. The molecule has 0 bridgehead atoms. The molecule has 4 heteroatoms. The third-order valence-corrected chi connectivity index (χ3v) is 2.45. The molecule has 0 atom stereocenters. The highest BCUT2D eigenvalue weighted by Crippen LogP contribution is 2.09. The zero-order valence-corrected chi connectivity index (χ0v) is 10.5. The molecule has 0 aliphatic heterocycles. The first-order valence-corrected chi connectivity index (χ1v) is 5.63. The molecule has 0 N–H and O–H groups in total. The Morgan fingerprint density at radius 3 is 2.62 bits per heavy atom. The van der Waals surface area contributed by atoms with Crippen LogP contribution >= 0.6 is 0 Å². The molecule has 0 unspecified atom stereocenters. The van der Waals surface area contributed by atoms with Gasteiger partial charge in [-0.2, -0.15) is 5.10 Å². The van der Waals surface area contributed by atoms with Crippen molar-refractivity contribution in [3.8, 4) is 0 Å². The lowest BCUT2D eigenvalue weighted by Crippen LogP contribution is -2.11. The van der Waals surface area contributed by atoms with Crippen LogP contribution in [0.1, 0.15) is 35.6 Å². The van der Waals surface area contributed by atoms with Crippen LogP contribution in [0.15, 0.2) is 0 Å². The molecule has 0 saturated carbocycles. The molecule has 0 fully saturated rings.